The normalized spacial score (nSPS) is 15.2. The van der Waals surface area contributed by atoms with Crippen LogP contribution in [0.15, 0.2) is 4.52 Å². The van der Waals surface area contributed by atoms with E-state index in [0.717, 1.165) is 31.5 Å². The van der Waals surface area contributed by atoms with E-state index in [1.807, 2.05) is 0 Å². The predicted molar refractivity (Wildman–Crippen MR) is 79.7 cm³/mol. The summed E-state index contributed by atoms with van der Waals surface area (Å²) in [6.45, 7) is 4.57. The molecule has 0 spiro atoms. The van der Waals surface area contributed by atoms with Crippen molar-refractivity contribution in [2.75, 3.05) is 6.54 Å². The van der Waals surface area contributed by atoms with E-state index in [2.05, 4.69) is 29.3 Å². The molecule has 0 bridgehead atoms. The van der Waals surface area contributed by atoms with Crippen molar-refractivity contribution in [3.63, 3.8) is 0 Å². The minimum Gasteiger partial charge on any atom is -0.349 e. The van der Waals surface area contributed by atoms with Gasteiger partial charge in [-0.05, 0) is 32.1 Å². The maximum absolute atomic E-state index is 12.0. The Kier molecular flexibility index (Phi) is 5.33. The van der Waals surface area contributed by atoms with E-state index >= 15 is 0 Å². The number of aromatic nitrogens is 2. The molecule has 1 heterocycles. The summed E-state index contributed by atoms with van der Waals surface area (Å²) < 4.78 is 5.20. The molecule has 0 atom stereocenters. The summed E-state index contributed by atoms with van der Waals surface area (Å²) in [7, 11) is 0. The predicted octanol–water partition coefficient (Wildman–Crippen LogP) is 1.90. The average Bonchev–Trinajstić information content (AvgIpc) is 3.25. The number of hydrogen-bond donors (Lipinski definition) is 2. The number of nitrogens with one attached hydrogen (secondary N) is 1. The minimum absolute atomic E-state index is 0.0473. The minimum atomic E-state index is -0.263. The van der Waals surface area contributed by atoms with Crippen molar-refractivity contribution in [3.8, 4) is 0 Å². The Morgan fingerprint density at radius 2 is 2.14 bits per heavy atom. The van der Waals surface area contributed by atoms with Gasteiger partial charge in [-0.1, -0.05) is 19.0 Å². The van der Waals surface area contributed by atoms with Gasteiger partial charge in [0.2, 0.25) is 11.8 Å². The number of aryl methyl sites for hydroxylation is 1. The fourth-order valence-corrected chi connectivity index (χ4v) is 2.40. The lowest BCUT2D eigenvalue weighted by molar-refractivity contribution is -0.123. The molecule has 1 aliphatic rings. The maximum atomic E-state index is 12.0. The molecule has 1 saturated carbocycles. The van der Waals surface area contributed by atoms with Crippen LogP contribution in [0, 0.1) is 0 Å². The van der Waals surface area contributed by atoms with E-state index < -0.39 is 0 Å². The molecule has 0 aromatic carbocycles. The van der Waals surface area contributed by atoms with Crippen molar-refractivity contribution in [1.82, 2.24) is 15.5 Å². The van der Waals surface area contributed by atoms with Gasteiger partial charge in [0.25, 0.3) is 0 Å². The largest absolute Gasteiger partial charge is 0.349 e. The molecular weight excluding hydrogens is 268 g/mol. The first-order valence-electron chi connectivity index (χ1n) is 7.96. The van der Waals surface area contributed by atoms with E-state index in [1.165, 1.54) is 0 Å². The molecule has 0 saturated heterocycles. The quantitative estimate of drug-likeness (QED) is 0.725. The van der Waals surface area contributed by atoms with E-state index in [4.69, 9.17) is 10.3 Å². The summed E-state index contributed by atoms with van der Waals surface area (Å²) in [5.41, 5.74) is 5.52. The molecule has 1 amide bonds. The molecule has 2 rings (SSSR count). The van der Waals surface area contributed by atoms with Gasteiger partial charge in [0, 0.05) is 25.3 Å². The highest BCUT2D eigenvalue weighted by atomic mass is 16.5. The summed E-state index contributed by atoms with van der Waals surface area (Å²) in [6.07, 6.45) is 5.85. The molecule has 0 radical (unpaired) electrons. The Hall–Kier alpha value is -1.43. The van der Waals surface area contributed by atoms with E-state index in [0.29, 0.717) is 37.6 Å². The van der Waals surface area contributed by atoms with Gasteiger partial charge in [-0.15, -0.1) is 0 Å². The molecule has 0 aliphatic heterocycles. The molecule has 21 heavy (non-hydrogen) atoms. The summed E-state index contributed by atoms with van der Waals surface area (Å²) in [4.78, 5) is 16.4. The number of nitrogens with zero attached hydrogens (tertiary/aromatic N) is 2. The topological polar surface area (TPSA) is 94.0 Å². The zero-order valence-corrected chi connectivity index (χ0v) is 13.0. The molecular formula is C15H26N4O2. The molecule has 3 N–H and O–H groups in total. The Balaban J connectivity index is 1.73. The smallest absolute Gasteiger partial charge is 0.226 e. The number of hydrogen-bond acceptors (Lipinski definition) is 5. The number of carbonyl (C=O) groups excluding carboxylic acids is 1. The first-order chi connectivity index (χ1) is 10.1. The van der Waals surface area contributed by atoms with Gasteiger partial charge in [-0.3, -0.25) is 4.79 Å². The third-order valence-corrected chi connectivity index (χ3v) is 4.37. The Bertz CT molecular complexity index is 456. The van der Waals surface area contributed by atoms with Crippen molar-refractivity contribution in [2.24, 2.45) is 5.73 Å². The van der Waals surface area contributed by atoms with Crippen molar-refractivity contribution in [1.29, 1.82) is 0 Å². The lowest BCUT2D eigenvalue weighted by Gasteiger charge is -2.31. The van der Waals surface area contributed by atoms with Crippen LogP contribution in [0.1, 0.15) is 70.0 Å². The number of rotatable bonds is 9. The van der Waals surface area contributed by atoms with Crippen LogP contribution in [0.2, 0.25) is 0 Å². The van der Waals surface area contributed by atoms with Gasteiger partial charge in [-0.25, -0.2) is 0 Å². The highest BCUT2D eigenvalue weighted by Gasteiger charge is 2.29. The van der Waals surface area contributed by atoms with Crippen LogP contribution in [-0.4, -0.2) is 28.1 Å². The Labute approximate surface area is 125 Å². The number of amides is 1. The van der Waals surface area contributed by atoms with Crippen LogP contribution in [0.25, 0.3) is 0 Å². The SMILES string of the molecule is CCC(CC)(CN)NC(=O)CCCc1nc(C2CC2)no1. The van der Waals surface area contributed by atoms with Gasteiger partial charge < -0.3 is 15.6 Å². The summed E-state index contributed by atoms with van der Waals surface area (Å²) in [5.74, 6) is 2.02. The molecule has 1 aromatic heterocycles. The highest BCUT2D eigenvalue weighted by Crippen LogP contribution is 2.38. The molecule has 1 aromatic rings. The summed E-state index contributed by atoms with van der Waals surface area (Å²) in [5, 5.41) is 7.04. The van der Waals surface area contributed by atoms with E-state index in [9.17, 15) is 4.79 Å². The summed E-state index contributed by atoms with van der Waals surface area (Å²) in [6, 6.07) is 0. The molecule has 6 nitrogen and oxygen atoms in total. The number of nitrogens with two attached hydrogens (primary N) is 1. The van der Waals surface area contributed by atoms with Gasteiger partial charge in [0.1, 0.15) is 0 Å². The molecule has 118 valence electrons. The molecule has 6 heteroatoms. The number of carbonyl (C=O) groups is 1. The van der Waals surface area contributed by atoms with Gasteiger partial charge >= 0.3 is 0 Å². The van der Waals surface area contributed by atoms with Gasteiger partial charge in [0.15, 0.2) is 5.82 Å². The Morgan fingerprint density at radius 1 is 1.43 bits per heavy atom. The fourth-order valence-electron chi connectivity index (χ4n) is 2.40. The van der Waals surface area contributed by atoms with Crippen molar-refractivity contribution in [2.45, 2.75) is 70.3 Å². The second-order valence-corrected chi connectivity index (χ2v) is 5.91. The zero-order valence-electron chi connectivity index (χ0n) is 13.0. The first-order valence-corrected chi connectivity index (χ1v) is 7.96. The summed E-state index contributed by atoms with van der Waals surface area (Å²) >= 11 is 0. The lowest BCUT2D eigenvalue weighted by Crippen LogP contribution is -2.52. The molecule has 1 aliphatic carbocycles. The van der Waals surface area contributed by atoms with Crippen LogP contribution >= 0.6 is 0 Å². The van der Waals surface area contributed by atoms with Crippen LogP contribution in [0.5, 0.6) is 0 Å². The lowest BCUT2D eigenvalue weighted by atomic mass is 9.92. The fraction of sp³-hybridized carbons (Fsp3) is 0.800. The first kappa shape index (κ1) is 15.9. The van der Waals surface area contributed by atoms with Crippen LogP contribution in [0.4, 0.5) is 0 Å². The zero-order chi connectivity index (χ0) is 15.3. The third-order valence-electron chi connectivity index (χ3n) is 4.37. The highest BCUT2D eigenvalue weighted by molar-refractivity contribution is 5.76. The van der Waals surface area contributed by atoms with Crippen molar-refractivity contribution in [3.05, 3.63) is 11.7 Å². The van der Waals surface area contributed by atoms with Crippen LogP contribution in [0.3, 0.4) is 0 Å². The van der Waals surface area contributed by atoms with Crippen molar-refractivity contribution >= 4 is 5.91 Å². The van der Waals surface area contributed by atoms with Gasteiger partial charge in [0.05, 0.1) is 5.54 Å². The van der Waals surface area contributed by atoms with E-state index in [1.54, 1.807) is 0 Å². The molecule has 0 unspecified atom stereocenters. The van der Waals surface area contributed by atoms with Crippen LogP contribution in [-0.2, 0) is 11.2 Å². The van der Waals surface area contributed by atoms with Crippen LogP contribution < -0.4 is 11.1 Å². The monoisotopic (exact) mass is 294 g/mol. The second kappa shape index (κ2) is 7.02. The van der Waals surface area contributed by atoms with E-state index in [-0.39, 0.29) is 11.4 Å². The maximum Gasteiger partial charge on any atom is 0.226 e. The standard InChI is InChI=1S/C15H26N4O2/c1-3-15(4-2,10-16)18-12(20)6-5-7-13-17-14(19-21-13)11-8-9-11/h11H,3-10,16H2,1-2H3,(H,18,20). The van der Waals surface area contributed by atoms with Gasteiger partial charge in [-0.2, -0.15) is 4.98 Å². The Morgan fingerprint density at radius 3 is 2.71 bits per heavy atom. The molecule has 1 fully saturated rings. The average molecular weight is 294 g/mol. The second-order valence-electron chi connectivity index (χ2n) is 5.91. The van der Waals surface area contributed by atoms with Crippen molar-refractivity contribution < 1.29 is 9.32 Å². The third kappa shape index (κ3) is 4.27.